The molecular weight excluding hydrogens is 462 g/mol. The molecule has 9 heteroatoms. The smallest absolute Gasteiger partial charge is 0.256 e. The summed E-state index contributed by atoms with van der Waals surface area (Å²) < 4.78 is 27.8. The molecule has 0 bridgehead atoms. The van der Waals surface area contributed by atoms with E-state index in [1.54, 1.807) is 35.1 Å². The number of amides is 1. The van der Waals surface area contributed by atoms with Crippen LogP contribution in [0.25, 0.3) is 0 Å². The summed E-state index contributed by atoms with van der Waals surface area (Å²) >= 11 is 6.22. The number of carbonyl (C=O) groups excluding carboxylic acids is 2. The molecule has 1 aliphatic rings. The van der Waals surface area contributed by atoms with E-state index in [9.17, 15) is 18.0 Å². The number of ketones is 1. The van der Waals surface area contributed by atoms with Crippen molar-refractivity contribution in [2.24, 2.45) is 0 Å². The summed E-state index contributed by atoms with van der Waals surface area (Å²) in [6, 6.07) is 19.0. The summed E-state index contributed by atoms with van der Waals surface area (Å²) in [4.78, 5) is 25.5. The summed E-state index contributed by atoms with van der Waals surface area (Å²) in [6.45, 7) is 0.339. The number of rotatable bonds is 4. The van der Waals surface area contributed by atoms with Crippen molar-refractivity contribution in [2.45, 2.75) is 16.3 Å². The number of hydrogen-bond acceptors (Lipinski definition) is 5. The van der Waals surface area contributed by atoms with Crippen molar-refractivity contribution < 1.29 is 18.0 Å². The minimum atomic E-state index is -3.94. The number of anilines is 1. The first kappa shape index (κ1) is 21.1. The molecule has 0 unspecified atom stereocenters. The van der Waals surface area contributed by atoms with Gasteiger partial charge in [-0.2, -0.15) is 5.10 Å². The predicted molar refractivity (Wildman–Crippen MR) is 123 cm³/mol. The molecule has 2 heterocycles. The van der Waals surface area contributed by atoms with Crippen molar-refractivity contribution in [3.63, 3.8) is 0 Å². The highest BCUT2D eigenvalue weighted by molar-refractivity contribution is 7.91. The number of carbonyl (C=O) groups is 2. The zero-order valence-electron chi connectivity index (χ0n) is 17.0. The minimum Gasteiger partial charge on any atom is -0.307 e. The molecule has 0 atom stereocenters. The third kappa shape index (κ3) is 3.63. The maximum atomic E-state index is 13.1. The van der Waals surface area contributed by atoms with Gasteiger partial charge in [-0.25, -0.2) is 13.1 Å². The molecule has 1 amide bonds. The lowest BCUT2D eigenvalue weighted by molar-refractivity contribution is 0.101. The quantitative estimate of drug-likeness (QED) is 0.418. The Bertz CT molecular complexity index is 1540. The third-order valence-corrected chi connectivity index (χ3v) is 7.66. The van der Waals surface area contributed by atoms with Crippen LogP contribution in [0.5, 0.6) is 0 Å². The number of halogens is 1. The molecule has 0 aliphatic carbocycles. The van der Waals surface area contributed by atoms with Gasteiger partial charge in [0.1, 0.15) is 5.82 Å². The Hall–Kier alpha value is -3.75. The van der Waals surface area contributed by atoms with Crippen LogP contribution in [0.15, 0.2) is 88.8 Å². The van der Waals surface area contributed by atoms with Crippen LogP contribution in [-0.4, -0.2) is 29.9 Å². The van der Waals surface area contributed by atoms with Crippen molar-refractivity contribution in [3.05, 3.63) is 106 Å². The van der Waals surface area contributed by atoms with Crippen LogP contribution in [0, 0.1) is 0 Å². The summed E-state index contributed by atoms with van der Waals surface area (Å²) in [5.41, 5.74) is 1.12. The molecule has 4 aromatic rings. The van der Waals surface area contributed by atoms with Gasteiger partial charge in [-0.05, 0) is 42.0 Å². The number of fused-ring (bicyclic) bond motifs is 2. The van der Waals surface area contributed by atoms with Gasteiger partial charge < -0.3 is 5.32 Å². The lowest BCUT2D eigenvalue weighted by atomic mass is 10.0. The summed E-state index contributed by atoms with van der Waals surface area (Å²) in [6.07, 6.45) is 1.54. The van der Waals surface area contributed by atoms with E-state index in [2.05, 4.69) is 10.4 Å². The zero-order chi connectivity index (χ0) is 23.2. The summed E-state index contributed by atoms with van der Waals surface area (Å²) in [7, 11) is -3.94. The van der Waals surface area contributed by atoms with E-state index >= 15 is 0 Å². The van der Waals surface area contributed by atoms with Crippen LogP contribution >= 0.6 is 11.6 Å². The monoisotopic (exact) mass is 477 g/mol. The van der Waals surface area contributed by atoms with Gasteiger partial charge >= 0.3 is 0 Å². The second-order valence-corrected chi connectivity index (χ2v) is 9.75. The number of hydrogen-bond donors (Lipinski definition) is 1. The van der Waals surface area contributed by atoms with Gasteiger partial charge in [0, 0.05) is 27.8 Å². The molecule has 33 heavy (non-hydrogen) atoms. The van der Waals surface area contributed by atoms with Gasteiger partial charge in [-0.1, -0.05) is 41.9 Å². The predicted octanol–water partition coefficient (Wildman–Crippen LogP) is 4.21. The fraction of sp³-hybridized carbons (Fsp3) is 0.0417. The molecule has 0 saturated heterocycles. The standard InChI is InChI=1S/C24H16ClN3O4S/c25-19-7-3-1-5-16(19)14-28-22(11-12-26-28)27-24(30)15-9-10-18-21(13-15)33(31,32)20-8-4-2-6-17(20)23(18)29/h1-13H,14H2,(H,27,30). The average molecular weight is 478 g/mol. The van der Waals surface area contributed by atoms with Crippen LogP contribution in [-0.2, 0) is 16.4 Å². The van der Waals surface area contributed by atoms with Crippen LogP contribution in [0.3, 0.4) is 0 Å². The van der Waals surface area contributed by atoms with E-state index in [1.165, 1.54) is 30.3 Å². The SMILES string of the molecule is O=C(Nc1ccnn1Cc1ccccc1Cl)c1ccc2c(c1)S(=O)(=O)c1ccccc1C2=O. The van der Waals surface area contributed by atoms with Crippen molar-refractivity contribution in [1.82, 2.24) is 9.78 Å². The average Bonchev–Trinajstić information content (AvgIpc) is 3.25. The van der Waals surface area contributed by atoms with Gasteiger partial charge in [-0.3, -0.25) is 9.59 Å². The number of sulfone groups is 1. The first-order chi connectivity index (χ1) is 15.9. The Morgan fingerprint density at radius 3 is 2.48 bits per heavy atom. The Kier molecular flexibility index (Phi) is 5.11. The summed E-state index contributed by atoms with van der Waals surface area (Å²) in [5.74, 6) is -0.498. The lowest BCUT2D eigenvalue weighted by Crippen LogP contribution is -2.22. The topological polar surface area (TPSA) is 98.1 Å². The fourth-order valence-corrected chi connectivity index (χ4v) is 5.64. The van der Waals surface area contributed by atoms with Gasteiger partial charge in [0.25, 0.3) is 5.91 Å². The molecule has 3 aromatic carbocycles. The number of nitrogens with one attached hydrogen (secondary N) is 1. The molecule has 164 valence electrons. The first-order valence-corrected chi connectivity index (χ1v) is 11.8. The van der Waals surface area contributed by atoms with Crippen LogP contribution in [0.4, 0.5) is 5.82 Å². The third-order valence-electron chi connectivity index (χ3n) is 5.44. The minimum absolute atomic E-state index is 0.0500. The molecule has 5 rings (SSSR count). The molecule has 7 nitrogen and oxygen atoms in total. The molecule has 1 N–H and O–H groups in total. The number of aromatic nitrogens is 2. The maximum absolute atomic E-state index is 13.1. The molecule has 1 aliphatic heterocycles. The maximum Gasteiger partial charge on any atom is 0.256 e. The van der Waals surface area contributed by atoms with E-state index < -0.39 is 15.7 Å². The van der Waals surface area contributed by atoms with Gasteiger partial charge in [0.05, 0.1) is 22.5 Å². The van der Waals surface area contributed by atoms with Gasteiger partial charge in [-0.15, -0.1) is 0 Å². The number of benzene rings is 3. The molecular formula is C24H16ClN3O4S. The Labute approximate surface area is 194 Å². The second kappa shape index (κ2) is 7.99. The second-order valence-electron chi connectivity index (χ2n) is 7.46. The summed E-state index contributed by atoms with van der Waals surface area (Å²) in [5, 5.41) is 7.56. The van der Waals surface area contributed by atoms with Crippen molar-refractivity contribution in [1.29, 1.82) is 0 Å². The van der Waals surface area contributed by atoms with Crippen LogP contribution in [0.2, 0.25) is 5.02 Å². The largest absolute Gasteiger partial charge is 0.307 e. The molecule has 0 fully saturated rings. The highest BCUT2D eigenvalue weighted by Gasteiger charge is 2.35. The van der Waals surface area contributed by atoms with Crippen LogP contribution < -0.4 is 5.32 Å². The van der Waals surface area contributed by atoms with E-state index in [0.29, 0.717) is 17.4 Å². The zero-order valence-corrected chi connectivity index (χ0v) is 18.6. The lowest BCUT2D eigenvalue weighted by Gasteiger charge is -2.19. The normalized spacial score (nSPS) is 13.8. The number of nitrogens with zero attached hydrogens (tertiary/aromatic N) is 2. The van der Waals surface area contributed by atoms with E-state index in [0.717, 1.165) is 5.56 Å². The van der Waals surface area contributed by atoms with Crippen molar-refractivity contribution in [3.8, 4) is 0 Å². The highest BCUT2D eigenvalue weighted by atomic mass is 35.5. The van der Waals surface area contributed by atoms with Crippen molar-refractivity contribution in [2.75, 3.05) is 5.32 Å². The molecule has 0 spiro atoms. The first-order valence-electron chi connectivity index (χ1n) is 9.96. The van der Waals surface area contributed by atoms with Gasteiger partial charge in [0.15, 0.2) is 5.78 Å². The fourth-order valence-electron chi connectivity index (χ4n) is 3.77. The van der Waals surface area contributed by atoms with E-state index in [4.69, 9.17) is 11.6 Å². The molecule has 0 saturated carbocycles. The molecule has 1 aromatic heterocycles. The Balaban J connectivity index is 1.45. The van der Waals surface area contributed by atoms with Crippen molar-refractivity contribution >= 4 is 38.9 Å². The van der Waals surface area contributed by atoms with Gasteiger partial charge in [0.2, 0.25) is 9.84 Å². The molecule has 0 radical (unpaired) electrons. The highest BCUT2D eigenvalue weighted by Crippen LogP contribution is 2.34. The van der Waals surface area contributed by atoms with E-state index in [1.807, 2.05) is 18.2 Å². The Morgan fingerprint density at radius 1 is 0.939 bits per heavy atom. The van der Waals surface area contributed by atoms with Crippen LogP contribution in [0.1, 0.15) is 31.8 Å². The Morgan fingerprint density at radius 2 is 1.67 bits per heavy atom. The van der Waals surface area contributed by atoms with E-state index in [-0.39, 0.29) is 32.3 Å².